The van der Waals surface area contributed by atoms with Crippen LogP contribution in [0.15, 0.2) is 24.3 Å². The van der Waals surface area contributed by atoms with Gasteiger partial charge in [-0.1, -0.05) is 30.7 Å². The summed E-state index contributed by atoms with van der Waals surface area (Å²) in [5.74, 6) is 0.387. The summed E-state index contributed by atoms with van der Waals surface area (Å²) in [7, 11) is 0. The Hall–Kier alpha value is -1.06. The molecule has 1 aliphatic heterocycles. The molecule has 20 heavy (non-hydrogen) atoms. The van der Waals surface area contributed by atoms with Gasteiger partial charge in [0.05, 0.1) is 0 Å². The van der Waals surface area contributed by atoms with Crippen LogP contribution in [0.3, 0.4) is 0 Å². The minimum Gasteiger partial charge on any atom is -0.352 e. The number of benzene rings is 1. The number of carbonyl (C=O) groups is 1. The van der Waals surface area contributed by atoms with E-state index in [9.17, 15) is 4.79 Å². The van der Waals surface area contributed by atoms with Gasteiger partial charge in [0.2, 0.25) is 5.91 Å². The third-order valence-corrected chi connectivity index (χ3v) is 3.88. The second kappa shape index (κ2) is 8.28. The van der Waals surface area contributed by atoms with Crippen molar-refractivity contribution in [2.75, 3.05) is 19.0 Å². The number of rotatable bonds is 6. The second-order valence-corrected chi connectivity index (χ2v) is 5.75. The summed E-state index contributed by atoms with van der Waals surface area (Å²) in [5.41, 5.74) is 2.48. The molecule has 0 unspecified atom stereocenters. The molecular weight excluding hydrogens is 272 g/mol. The molecule has 1 heterocycles. The van der Waals surface area contributed by atoms with Gasteiger partial charge in [0.1, 0.15) is 0 Å². The summed E-state index contributed by atoms with van der Waals surface area (Å²) in [6, 6.07) is 8.52. The van der Waals surface area contributed by atoms with Crippen LogP contribution in [0.4, 0.5) is 0 Å². The Morgan fingerprint density at radius 3 is 2.40 bits per heavy atom. The first-order valence-electron chi connectivity index (χ1n) is 7.41. The van der Waals surface area contributed by atoms with Gasteiger partial charge in [-0.2, -0.15) is 0 Å². The number of halogens is 1. The molecule has 4 heteroatoms. The number of hydrogen-bond acceptors (Lipinski definition) is 2. The number of piperidine rings is 1. The van der Waals surface area contributed by atoms with Crippen molar-refractivity contribution in [3.63, 3.8) is 0 Å². The lowest BCUT2D eigenvalue weighted by molar-refractivity contribution is -0.120. The zero-order valence-electron chi connectivity index (χ0n) is 11.9. The first kappa shape index (κ1) is 15.3. The molecule has 0 atom stereocenters. The van der Waals surface area contributed by atoms with Gasteiger partial charge in [-0.25, -0.2) is 0 Å². The third kappa shape index (κ3) is 5.14. The summed E-state index contributed by atoms with van der Waals surface area (Å²) in [4.78, 5) is 13.9. The van der Waals surface area contributed by atoms with Crippen LogP contribution in [0, 0.1) is 0 Å². The Balaban J connectivity index is 1.78. The van der Waals surface area contributed by atoms with Crippen molar-refractivity contribution >= 4 is 17.5 Å². The molecule has 1 N–H and O–H groups in total. The van der Waals surface area contributed by atoms with E-state index < -0.39 is 0 Å². The molecule has 0 aromatic heterocycles. The summed E-state index contributed by atoms with van der Waals surface area (Å²) >= 11 is 5.53. The highest BCUT2D eigenvalue weighted by molar-refractivity contribution is 6.18. The first-order chi connectivity index (χ1) is 9.78. The molecule has 1 fully saturated rings. The highest BCUT2D eigenvalue weighted by Gasteiger charge is 2.10. The van der Waals surface area contributed by atoms with Crippen LogP contribution < -0.4 is 5.32 Å². The van der Waals surface area contributed by atoms with Gasteiger partial charge in [0.15, 0.2) is 0 Å². The van der Waals surface area contributed by atoms with Crippen molar-refractivity contribution in [1.29, 1.82) is 0 Å². The topological polar surface area (TPSA) is 32.3 Å². The van der Waals surface area contributed by atoms with E-state index in [0.29, 0.717) is 18.8 Å². The lowest BCUT2D eigenvalue weighted by atomic mass is 10.1. The fourth-order valence-electron chi connectivity index (χ4n) is 2.51. The van der Waals surface area contributed by atoms with Gasteiger partial charge >= 0.3 is 0 Å². The molecular formula is C16H23ClN2O. The molecule has 1 amide bonds. The van der Waals surface area contributed by atoms with E-state index in [-0.39, 0.29) is 5.91 Å². The smallest absolute Gasteiger partial charge is 0.221 e. The molecule has 0 radical (unpaired) electrons. The number of nitrogens with zero attached hydrogens (tertiary/aromatic N) is 1. The van der Waals surface area contributed by atoms with E-state index >= 15 is 0 Å². The van der Waals surface area contributed by atoms with Crippen LogP contribution >= 0.6 is 11.6 Å². The van der Waals surface area contributed by atoms with Crippen LogP contribution in [0.2, 0.25) is 0 Å². The van der Waals surface area contributed by atoms with Crippen molar-refractivity contribution in [2.24, 2.45) is 0 Å². The number of amides is 1. The molecule has 0 saturated carbocycles. The summed E-state index contributed by atoms with van der Waals surface area (Å²) in [6.07, 6.45) is 4.40. The molecule has 1 aromatic carbocycles. The van der Waals surface area contributed by atoms with Crippen molar-refractivity contribution in [1.82, 2.24) is 10.2 Å². The lowest BCUT2D eigenvalue weighted by Gasteiger charge is -2.26. The van der Waals surface area contributed by atoms with Gasteiger partial charge in [-0.3, -0.25) is 9.69 Å². The average molecular weight is 295 g/mol. The quantitative estimate of drug-likeness (QED) is 0.818. The Morgan fingerprint density at radius 2 is 1.75 bits per heavy atom. The SMILES string of the molecule is O=C(CCCl)NCc1ccc(CN2CCCCC2)cc1. The Bertz CT molecular complexity index is 413. The maximum absolute atomic E-state index is 11.3. The number of alkyl halides is 1. The minimum atomic E-state index is 0.0115. The normalized spacial score (nSPS) is 16.1. The van der Waals surface area contributed by atoms with E-state index in [4.69, 9.17) is 11.6 Å². The Labute approximate surface area is 126 Å². The zero-order valence-corrected chi connectivity index (χ0v) is 12.7. The zero-order chi connectivity index (χ0) is 14.2. The van der Waals surface area contributed by atoms with Crippen LogP contribution in [0.5, 0.6) is 0 Å². The van der Waals surface area contributed by atoms with Crippen molar-refractivity contribution in [2.45, 2.75) is 38.8 Å². The van der Waals surface area contributed by atoms with Crippen LogP contribution in [0.1, 0.15) is 36.8 Å². The largest absolute Gasteiger partial charge is 0.352 e. The average Bonchev–Trinajstić information content (AvgIpc) is 2.48. The van der Waals surface area contributed by atoms with Gasteiger partial charge in [-0.05, 0) is 37.1 Å². The van der Waals surface area contributed by atoms with E-state index in [1.807, 2.05) is 0 Å². The summed E-state index contributed by atoms with van der Waals surface area (Å²) < 4.78 is 0. The van der Waals surface area contributed by atoms with Crippen LogP contribution in [-0.4, -0.2) is 29.8 Å². The number of likely N-dealkylation sites (tertiary alicyclic amines) is 1. The number of nitrogens with one attached hydrogen (secondary N) is 1. The summed E-state index contributed by atoms with van der Waals surface area (Å²) in [5, 5.41) is 2.87. The predicted molar refractivity (Wildman–Crippen MR) is 82.8 cm³/mol. The highest BCUT2D eigenvalue weighted by Crippen LogP contribution is 2.13. The van der Waals surface area contributed by atoms with E-state index in [1.54, 1.807) is 0 Å². The van der Waals surface area contributed by atoms with Gasteiger partial charge in [0, 0.05) is 25.4 Å². The molecule has 0 bridgehead atoms. The maximum atomic E-state index is 11.3. The summed E-state index contributed by atoms with van der Waals surface area (Å²) in [6.45, 7) is 4.06. The molecule has 1 aliphatic rings. The molecule has 1 saturated heterocycles. The monoisotopic (exact) mass is 294 g/mol. The standard InChI is InChI=1S/C16H23ClN2O/c17-9-8-16(20)18-12-14-4-6-15(7-5-14)13-19-10-2-1-3-11-19/h4-7H,1-3,8-13H2,(H,18,20). The van der Waals surface area contributed by atoms with E-state index in [1.165, 1.54) is 37.9 Å². The fraction of sp³-hybridized carbons (Fsp3) is 0.562. The van der Waals surface area contributed by atoms with E-state index in [0.717, 1.165) is 12.1 Å². The van der Waals surface area contributed by atoms with Gasteiger partial charge < -0.3 is 5.32 Å². The van der Waals surface area contributed by atoms with Crippen molar-refractivity contribution in [3.05, 3.63) is 35.4 Å². The minimum absolute atomic E-state index is 0.0115. The molecule has 2 rings (SSSR count). The lowest BCUT2D eigenvalue weighted by Crippen LogP contribution is -2.29. The van der Waals surface area contributed by atoms with Crippen molar-refractivity contribution in [3.8, 4) is 0 Å². The third-order valence-electron chi connectivity index (χ3n) is 3.69. The molecule has 3 nitrogen and oxygen atoms in total. The predicted octanol–water partition coefficient (Wildman–Crippen LogP) is 2.92. The highest BCUT2D eigenvalue weighted by atomic mass is 35.5. The fourth-order valence-corrected chi connectivity index (χ4v) is 2.68. The van der Waals surface area contributed by atoms with Crippen molar-refractivity contribution < 1.29 is 4.79 Å². The van der Waals surface area contributed by atoms with Crippen LogP contribution in [-0.2, 0) is 17.9 Å². The second-order valence-electron chi connectivity index (χ2n) is 5.37. The number of hydrogen-bond donors (Lipinski definition) is 1. The maximum Gasteiger partial charge on any atom is 0.221 e. The number of carbonyl (C=O) groups excluding carboxylic acids is 1. The molecule has 110 valence electrons. The van der Waals surface area contributed by atoms with E-state index in [2.05, 4.69) is 34.5 Å². The molecule has 0 spiro atoms. The Kier molecular flexibility index (Phi) is 6.34. The Morgan fingerprint density at radius 1 is 1.10 bits per heavy atom. The van der Waals surface area contributed by atoms with Gasteiger partial charge in [0.25, 0.3) is 0 Å². The molecule has 0 aliphatic carbocycles. The molecule has 1 aromatic rings. The van der Waals surface area contributed by atoms with Crippen LogP contribution in [0.25, 0.3) is 0 Å². The van der Waals surface area contributed by atoms with Gasteiger partial charge in [-0.15, -0.1) is 11.6 Å². The first-order valence-corrected chi connectivity index (χ1v) is 7.94.